The molecule has 2 aromatic carbocycles. The number of benzene rings is 2. The van der Waals surface area contributed by atoms with E-state index in [1.54, 1.807) is 12.1 Å². The van der Waals surface area contributed by atoms with Crippen LogP contribution in [-0.2, 0) is 0 Å². The van der Waals surface area contributed by atoms with Gasteiger partial charge in [-0.1, -0.05) is 48.5 Å². The Morgan fingerprint density at radius 3 is 1.96 bits per heavy atom. The maximum absolute atomic E-state index is 9.40. The summed E-state index contributed by atoms with van der Waals surface area (Å²) < 4.78 is 0. The quantitative estimate of drug-likeness (QED) is 0.533. The number of aliphatic hydroxyl groups is 1. The molecule has 0 spiro atoms. The van der Waals surface area contributed by atoms with Crippen molar-refractivity contribution in [2.45, 2.75) is 32.3 Å². The van der Waals surface area contributed by atoms with Crippen molar-refractivity contribution in [3.63, 3.8) is 0 Å². The molecule has 0 fully saturated rings. The van der Waals surface area contributed by atoms with Crippen LogP contribution in [0.1, 0.15) is 31.9 Å². The van der Waals surface area contributed by atoms with E-state index < -0.39 is 0 Å². The summed E-state index contributed by atoms with van der Waals surface area (Å²) in [7, 11) is 0. The van der Waals surface area contributed by atoms with E-state index >= 15 is 0 Å². The zero-order valence-corrected chi connectivity index (χ0v) is 15.5. The molecule has 0 saturated heterocycles. The van der Waals surface area contributed by atoms with Crippen LogP contribution >= 0.6 is 0 Å². The number of hydrogen-bond donors (Lipinski definition) is 2. The Hall–Kier alpha value is -2.91. The molecule has 138 valence electrons. The molecule has 3 rings (SSSR count). The van der Waals surface area contributed by atoms with Crippen molar-refractivity contribution >= 4 is 6.08 Å². The van der Waals surface area contributed by atoms with Crippen molar-refractivity contribution in [3.05, 3.63) is 78.6 Å². The molecule has 2 N–H and O–H groups in total. The van der Waals surface area contributed by atoms with Crippen LogP contribution in [0.4, 0.5) is 0 Å². The first-order valence-corrected chi connectivity index (χ1v) is 9.32. The average Bonchev–Trinajstić information content (AvgIpc) is 2.69. The van der Waals surface area contributed by atoms with Crippen LogP contribution in [0.3, 0.4) is 0 Å². The van der Waals surface area contributed by atoms with Crippen LogP contribution in [0.2, 0.25) is 0 Å². The van der Waals surface area contributed by atoms with E-state index in [4.69, 9.17) is 0 Å². The van der Waals surface area contributed by atoms with Crippen molar-refractivity contribution in [3.8, 4) is 28.0 Å². The van der Waals surface area contributed by atoms with Crippen LogP contribution in [0, 0.1) is 0 Å². The Kier molecular flexibility index (Phi) is 6.39. The molecule has 1 aromatic heterocycles. The van der Waals surface area contributed by atoms with Crippen LogP contribution < -0.4 is 0 Å². The van der Waals surface area contributed by atoms with Crippen molar-refractivity contribution < 1.29 is 10.2 Å². The van der Waals surface area contributed by atoms with E-state index in [-0.39, 0.29) is 11.9 Å². The maximum Gasteiger partial charge on any atom is 0.115 e. The summed E-state index contributed by atoms with van der Waals surface area (Å²) in [5.41, 5.74) is 5.34. The molecule has 0 radical (unpaired) electrons. The van der Waals surface area contributed by atoms with Crippen LogP contribution in [0.25, 0.3) is 28.3 Å². The Morgan fingerprint density at radius 2 is 1.41 bits per heavy atom. The molecule has 0 amide bonds. The number of nitrogens with zero attached hydrogens (tertiary/aromatic N) is 1. The number of phenols is 1. The van der Waals surface area contributed by atoms with Gasteiger partial charge >= 0.3 is 0 Å². The fourth-order valence-electron chi connectivity index (χ4n) is 2.92. The van der Waals surface area contributed by atoms with Gasteiger partial charge in [0.25, 0.3) is 0 Å². The van der Waals surface area contributed by atoms with E-state index in [0.29, 0.717) is 0 Å². The first kappa shape index (κ1) is 18.9. The fourth-order valence-corrected chi connectivity index (χ4v) is 2.92. The van der Waals surface area contributed by atoms with Crippen molar-refractivity contribution in [1.82, 2.24) is 4.98 Å². The number of aromatic hydroxyl groups is 1. The van der Waals surface area contributed by atoms with Crippen LogP contribution in [0.15, 0.2) is 72.9 Å². The topological polar surface area (TPSA) is 53.4 Å². The molecule has 0 aliphatic carbocycles. The summed E-state index contributed by atoms with van der Waals surface area (Å²) in [5, 5.41) is 18.7. The summed E-state index contributed by atoms with van der Waals surface area (Å²) in [5.74, 6) is 0.276. The van der Waals surface area contributed by atoms with Crippen LogP contribution in [0.5, 0.6) is 5.75 Å². The van der Waals surface area contributed by atoms with Gasteiger partial charge in [0, 0.05) is 11.8 Å². The van der Waals surface area contributed by atoms with Gasteiger partial charge in [0.05, 0.1) is 11.8 Å². The lowest BCUT2D eigenvalue weighted by molar-refractivity contribution is 0.182. The second-order valence-corrected chi connectivity index (χ2v) is 6.78. The SMILES string of the molecule is CC(O)CCC/C=C/c1ccc(-c2ccc(-c3ccc(O)cc3)cc2)cn1. The van der Waals surface area contributed by atoms with E-state index in [9.17, 15) is 10.2 Å². The number of allylic oxidation sites excluding steroid dienone is 1. The van der Waals surface area contributed by atoms with Gasteiger partial charge in [-0.05, 0) is 67.2 Å². The van der Waals surface area contributed by atoms with Gasteiger partial charge in [-0.25, -0.2) is 0 Å². The number of unbranched alkanes of at least 4 members (excludes halogenated alkanes) is 1. The van der Waals surface area contributed by atoms with Crippen molar-refractivity contribution in [2.24, 2.45) is 0 Å². The molecule has 0 bridgehead atoms. The number of aromatic nitrogens is 1. The highest BCUT2D eigenvalue weighted by atomic mass is 16.3. The first-order valence-electron chi connectivity index (χ1n) is 9.32. The average molecular weight is 359 g/mol. The molecule has 3 heteroatoms. The lowest BCUT2D eigenvalue weighted by Gasteiger charge is -2.05. The lowest BCUT2D eigenvalue weighted by Crippen LogP contribution is -1.97. The molecular formula is C24H25NO2. The van der Waals surface area contributed by atoms with E-state index in [0.717, 1.165) is 47.2 Å². The predicted octanol–water partition coefficient (Wildman–Crippen LogP) is 5.69. The smallest absolute Gasteiger partial charge is 0.115 e. The molecular weight excluding hydrogens is 334 g/mol. The van der Waals surface area contributed by atoms with Gasteiger partial charge in [0.1, 0.15) is 5.75 Å². The van der Waals surface area contributed by atoms with Gasteiger partial charge < -0.3 is 10.2 Å². The van der Waals surface area contributed by atoms with E-state index in [1.165, 1.54) is 0 Å². The molecule has 1 unspecified atom stereocenters. The predicted molar refractivity (Wildman–Crippen MR) is 111 cm³/mol. The largest absolute Gasteiger partial charge is 0.508 e. The molecule has 1 atom stereocenters. The second kappa shape index (κ2) is 9.15. The van der Waals surface area contributed by atoms with E-state index in [2.05, 4.69) is 41.4 Å². The van der Waals surface area contributed by atoms with Gasteiger partial charge in [-0.2, -0.15) is 0 Å². The second-order valence-electron chi connectivity index (χ2n) is 6.78. The van der Waals surface area contributed by atoms with Gasteiger partial charge in [-0.3, -0.25) is 4.98 Å². The number of pyridine rings is 1. The molecule has 3 nitrogen and oxygen atoms in total. The molecule has 1 heterocycles. The van der Waals surface area contributed by atoms with Crippen molar-refractivity contribution in [2.75, 3.05) is 0 Å². The first-order chi connectivity index (χ1) is 13.1. The number of aliphatic hydroxyl groups excluding tert-OH is 1. The standard InChI is InChI=1S/C24H25NO2/c1-18(26)5-3-2-4-6-23-14-11-22(17-25-23)21-9-7-19(8-10-21)20-12-15-24(27)16-13-20/h4,6-18,26-27H,2-3,5H2,1H3/b6-4+. The molecule has 0 saturated carbocycles. The Labute approximate surface area is 160 Å². The Balaban J connectivity index is 1.63. The van der Waals surface area contributed by atoms with Gasteiger partial charge in [-0.15, -0.1) is 0 Å². The number of hydrogen-bond acceptors (Lipinski definition) is 3. The summed E-state index contributed by atoms with van der Waals surface area (Å²) in [4.78, 5) is 4.51. The summed E-state index contributed by atoms with van der Waals surface area (Å²) in [6.45, 7) is 1.82. The van der Waals surface area contributed by atoms with E-state index in [1.807, 2.05) is 37.4 Å². The number of phenolic OH excluding ortho intramolecular Hbond substituents is 1. The summed E-state index contributed by atoms with van der Waals surface area (Å²) in [6.07, 6.45) is 8.57. The highest BCUT2D eigenvalue weighted by molar-refractivity contribution is 5.70. The minimum absolute atomic E-state index is 0.226. The Bertz CT molecular complexity index is 864. The molecule has 3 aromatic rings. The third kappa shape index (κ3) is 5.53. The maximum atomic E-state index is 9.40. The normalized spacial score (nSPS) is 12.4. The Morgan fingerprint density at radius 1 is 0.852 bits per heavy atom. The van der Waals surface area contributed by atoms with Gasteiger partial charge in [0.2, 0.25) is 0 Å². The molecule has 0 aliphatic heterocycles. The third-order valence-electron chi connectivity index (χ3n) is 4.49. The summed E-state index contributed by atoms with van der Waals surface area (Å²) >= 11 is 0. The van der Waals surface area contributed by atoms with Crippen molar-refractivity contribution in [1.29, 1.82) is 0 Å². The monoisotopic (exact) mass is 359 g/mol. The number of rotatable bonds is 7. The highest BCUT2D eigenvalue weighted by Gasteiger charge is 2.01. The highest BCUT2D eigenvalue weighted by Crippen LogP contribution is 2.26. The van der Waals surface area contributed by atoms with Crippen LogP contribution in [-0.4, -0.2) is 21.3 Å². The molecule has 27 heavy (non-hydrogen) atoms. The summed E-state index contributed by atoms with van der Waals surface area (Å²) in [6, 6.07) is 19.7. The fraction of sp³-hybridized carbons (Fsp3) is 0.208. The minimum Gasteiger partial charge on any atom is -0.508 e. The zero-order valence-electron chi connectivity index (χ0n) is 15.5. The lowest BCUT2D eigenvalue weighted by atomic mass is 10.0. The molecule has 0 aliphatic rings. The zero-order chi connectivity index (χ0) is 19.1. The van der Waals surface area contributed by atoms with Gasteiger partial charge in [0.15, 0.2) is 0 Å². The minimum atomic E-state index is -0.226. The third-order valence-corrected chi connectivity index (χ3v) is 4.49.